The lowest BCUT2D eigenvalue weighted by atomic mass is 10.3. The number of hydrogen-bond acceptors (Lipinski definition) is 6. The second kappa shape index (κ2) is 6.93. The predicted octanol–water partition coefficient (Wildman–Crippen LogP) is 2.23. The third-order valence-corrected chi connectivity index (χ3v) is 4.84. The third-order valence-electron chi connectivity index (χ3n) is 4.53. The molecule has 2 aromatic heterocycles. The lowest BCUT2D eigenvalue weighted by molar-refractivity contribution is -0.120. The third kappa shape index (κ3) is 2.89. The van der Waals surface area contributed by atoms with Gasteiger partial charge in [0.1, 0.15) is 17.0 Å². The van der Waals surface area contributed by atoms with Crippen molar-refractivity contribution in [2.75, 3.05) is 31.1 Å². The van der Waals surface area contributed by atoms with Gasteiger partial charge in [0.2, 0.25) is 0 Å². The Morgan fingerprint density at radius 1 is 1.19 bits per heavy atom. The number of halogens is 1. The number of piperazine rings is 1. The van der Waals surface area contributed by atoms with Crippen molar-refractivity contribution in [1.82, 2.24) is 19.9 Å². The van der Waals surface area contributed by atoms with Crippen molar-refractivity contribution in [3.8, 4) is 17.3 Å². The van der Waals surface area contributed by atoms with Crippen molar-refractivity contribution >= 4 is 34.9 Å². The van der Waals surface area contributed by atoms with Crippen molar-refractivity contribution in [1.29, 1.82) is 0 Å². The molecule has 1 N–H and O–H groups in total. The zero-order chi connectivity index (χ0) is 18.1. The summed E-state index contributed by atoms with van der Waals surface area (Å²) in [5, 5.41) is 3.86. The number of carbonyl (C=O) groups is 1. The summed E-state index contributed by atoms with van der Waals surface area (Å²) in [5.41, 5.74) is 2.05. The molecule has 1 aromatic carbocycles. The van der Waals surface area contributed by atoms with E-state index in [9.17, 15) is 4.79 Å². The van der Waals surface area contributed by atoms with Gasteiger partial charge in [-0.3, -0.25) is 4.79 Å². The minimum absolute atomic E-state index is 0.402. The van der Waals surface area contributed by atoms with Gasteiger partial charge in [-0.2, -0.15) is 0 Å². The molecule has 26 heavy (non-hydrogen) atoms. The van der Waals surface area contributed by atoms with Gasteiger partial charge < -0.3 is 19.5 Å². The zero-order valence-corrected chi connectivity index (χ0v) is 15.0. The number of aromatic nitrogens is 3. The van der Waals surface area contributed by atoms with E-state index in [1.54, 1.807) is 6.07 Å². The minimum atomic E-state index is 0.402. The van der Waals surface area contributed by atoms with Gasteiger partial charge in [-0.05, 0) is 24.3 Å². The van der Waals surface area contributed by atoms with E-state index in [-0.39, 0.29) is 0 Å². The lowest BCUT2D eigenvalue weighted by Crippen LogP contribution is -2.43. The molecule has 0 radical (unpaired) electrons. The summed E-state index contributed by atoms with van der Waals surface area (Å²) in [6, 6.07) is 9.22. The number of aryl methyl sites for hydroxylation is 1. The number of carbonyl (C=O) groups excluding carboxylic acids is 1. The van der Waals surface area contributed by atoms with Crippen LogP contribution in [0, 0.1) is 0 Å². The van der Waals surface area contributed by atoms with E-state index in [0.29, 0.717) is 34.3 Å². The number of hydrogen-bond donors (Lipinski definition) is 1. The van der Waals surface area contributed by atoms with E-state index in [0.717, 1.165) is 37.5 Å². The van der Waals surface area contributed by atoms with Crippen LogP contribution in [0.3, 0.4) is 0 Å². The highest BCUT2D eigenvalue weighted by atomic mass is 35.5. The van der Waals surface area contributed by atoms with Crippen molar-refractivity contribution in [3.63, 3.8) is 0 Å². The molecular formula is C18H18ClN5O2. The number of para-hydroxylation sites is 1. The molecule has 3 heterocycles. The number of pyridine rings is 1. The fourth-order valence-electron chi connectivity index (χ4n) is 3.21. The molecule has 0 aliphatic carbocycles. The summed E-state index contributed by atoms with van der Waals surface area (Å²) in [7, 11) is 1.89. The largest absolute Gasteiger partial charge is 0.426 e. The Bertz CT molecular complexity index is 966. The number of nitrogens with zero attached hydrogens (tertiary/aromatic N) is 4. The van der Waals surface area contributed by atoms with E-state index < -0.39 is 0 Å². The second-order valence-corrected chi connectivity index (χ2v) is 6.48. The Morgan fingerprint density at radius 2 is 2.00 bits per heavy atom. The van der Waals surface area contributed by atoms with Crippen molar-refractivity contribution in [2.24, 2.45) is 7.05 Å². The molecule has 7 nitrogen and oxygen atoms in total. The molecule has 0 bridgehead atoms. The summed E-state index contributed by atoms with van der Waals surface area (Å²) in [4.78, 5) is 22.4. The first-order chi connectivity index (χ1) is 12.7. The molecule has 8 heteroatoms. The maximum absolute atomic E-state index is 10.8. The highest BCUT2D eigenvalue weighted by Gasteiger charge is 2.19. The average Bonchev–Trinajstić information content (AvgIpc) is 3.01. The Kier molecular flexibility index (Phi) is 4.48. The van der Waals surface area contributed by atoms with Crippen molar-refractivity contribution < 1.29 is 9.53 Å². The minimum Gasteiger partial charge on any atom is -0.426 e. The number of fused-ring (bicyclic) bond motifs is 1. The van der Waals surface area contributed by atoms with Gasteiger partial charge in [0.25, 0.3) is 6.47 Å². The SMILES string of the molecule is Cn1c(-c2nc(N3CCNCC3)ccc2Cl)nc2c(OC=O)cccc21. The summed E-state index contributed by atoms with van der Waals surface area (Å²) in [5.74, 6) is 1.92. The average molecular weight is 372 g/mol. The number of imidazole rings is 1. The van der Waals surface area contributed by atoms with E-state index in [1.165, 1.54) is 0 Å². The molecule has 1 fully saturated rings. The monoisotopic (exact) mass is 371 g/mol. The second-order valence-electron chi connectivity index (χ2n) is 6.07. The van der Waals surface area contributed by atoms with Crippen LogP contribution in [0.25, 0.3) is 22.6 Å². The van der Waals surface area contributed by atoms with Crippen LogP contribution in [0.15, 0.2) is 30.3 Å². The molecule has 1 saturated heterocycles. The number of nitrogens with one attached hydrogen (secondary N) is 1. The van der Waals surface area contributed by atoms with E-state index >= 15 is 0 Å². The van der Waals surface area contributed by atoms with E-state index in [2.05, 4.69) is 15.2 Å². The first-order valence-electron chi connectivity index (χ1n) is 8.37. The van der Waals surface area contributed by atoms with Crippen LogP contribution in [-0.2, 0) is 11.8 Å². The standard InChI is InChI=1S/C18H18ClN5O2/c1-23-13-3-2-4-14(26-11-25)17(13)22-18(23)16-12(19)5-6-15(21-16)24-9-7-20-8-10-24/h2-6,11,20H,7-10H2,1H3. The Balaban J connectivity index is 1.83. The fourth-order valence-corrected chi connectivity index (χ4v) is 3.40. The van der Waals surface area contributed by atoms with Crippen molar-refractivity contribution in [3.05, 3.63) is 35.4 Å². The quantitative estimate of drug-likeness (QED) is 0.709. The summed E-state index contributed by atoms with van der Waals surface area (Å²) in [6.45, 7) is 4.05. The summed E-state index contributed by atoms with van der Waals surface area (Å²) >= 11 is 6.44. The lowest BCUT2D eigenvalue weighted by Gasteiger charge is -2.28. The summed E-state index contributed by atoms with van der Waals surface area (Å²) < 4.78 is 6.95. The molecule has 3 aromatic rings. The maximum atomic E-state index is 10.8. The molecule has 1 aliphatic rings. The van der Waals surface area contributed by atoms with Gasteiger partial charge in [0.15, 0.2) is 11.6 Å². The van der Waals surface area contributed by atoms with Gasteiger partial charge >= 0.3 is 0 Å². The van der Waals surface area contributed by atoms with Gasteiger partial charge in [0, 0.05) is 33.2 Å². The fraction of sp³-hybridized carbons (Fsp3) is 0.278. The summed E-state index contributed by atoms with van der Waals surface area (Å²) in [6.07, 6.45) is 0. The normalized spacial score (nSPS) is 14.6. The van der Waals surface area contributed by atoms with Gasteiger partial charge in [-0.25, -0.2) is 9.97 Å². The highest BCUT2D eigenvalue weighted by molar-refractivity contribution is 6.33. The molecule has 0 atom stereocenters. The first-order valence-corrected chi connectivity index (χ1v) is 8.75. The molecule has 0 spiro atoms. The molecule has 0 amide bonds. The van der Waals surface area contributed by atoms with Gasteiger partial charge in [0.05, 0.1) is 10.5 Å². The van der Waals surface area contributed by atoms with Crippen LogP contribution in [0.1, 0.15) is 0 Å². The van der Waals surface area contributed by atoms with E-state index in [1.807, 2.05) is 35.9 Å². The Hall–Kier alpha value is -2.64. The van der Waals surface area contributed by atoms with Gasteiger partial charge in [-0.1, -0.05) is 17.7 Å². The van der Waals surface area contributed by atoms with Crippen molar-refractivity contribution in [2.45, 2.75) is 0 Å². The van der Waals surface area contributed by atoms with Crippen LogP contribution in [0.2, 0.25) is 5.02 Å². The number of ether oxygens (including phenoxy) is 1. The van der Waals surface area contributed by atoms with Crippen LogP contribution in [-0.4, -0.2) is 47.2 Å². The molecule has 0 unspecified atom stereocenters. The van der Waals surface area contributed by atoms with E-state index in [4.69, 9.17) is 21.3 Å². The van der Waals surface area contributed by atoms with Crippen LogP contribution in [0.5, 0.6) is 5.75 Å². The van der Waals surface area contributed by atoms with Crippen LogP contribution < -0.4 is 15.0 Å². The molecule has 4 rings (SSSR count). The van der Waals surface area contributed by atoms with Crippen LogP contribution in [0.4, 0.5) is 5.82 Å². The highest BCUT2D eigenvalue weighted by Crippen LogP contribution is 2.33. The molecular weight excluding hydrogens is 354 g/mol. The Labute approximate surface area is 155 Å². The molecule has 1 aliphatic heterocycles. The predicted molar refractivity (Wildman–Crippen MR) is 101 cm³/mol. The number of rotatable bonds is 4. The number of anilines is 1. The topological polar surface area (TPSA) is 72.3 Å². The first kappa shape index (κ1) is 16.8. The van der Waals surface area contributed by atoms with Gasteiger partial charge in [-0.15, -0.1) is 0 Å². The Morgan fingerprint density at radius 3 is 2.77 bits per heavy atom. The smallest absolute Gasteiger partial charge is 0.298 e. The number of benzene rings is 1. The zero-order valence-electron chi connectivity index (χ0n) is 14.3. The molecule has 0 saturated carbocycles. The molecule has 134 valence electrons. The van der Waals surface area contributed by atoms with Crippen LogP contribution >= 0.6 is 11.6 Å². The maximum Gasteiger partial charge on any atom is 0.298 e.